The standard InChI is InChI=1S/C10H14O5/c1-5-2-7-8(10(5,14)4-12)6(3-11)9(13)15-7/h3,5,7-8,11-12,14H,2,4H2,1H3/b6-3-/t5-,7-,8-,10-/m0/s1. The highest BCUT2D eigenvalue weighted by Crippen LogP contribution is 2.49. The van der Waals surface area contributed by atoms with E-state index in [1.807, 2.05) is 0 Å². The van der Waals surface area contributed by atoms with Gasteiger partial charge in [0.15, 0.2) is 0 Å². The summed E-state index contributed by atoms with van der Waals surface area (Å²) in [6.07, 6.45) is 0.749. The first-order valence-electron chi connectivity index (χ1n) is 4.93. The topological polar surface area (TPSA) is 87.0 Å². The number of ether oxygens (including phenoxy) is 1. The van der Waals surface area contributed by atoms with E-state index < -0.39 is 30.2 Å². The zero-order chi connectivity index (χ0) is 11.2. The van der Waals surface area contributed by atoms with Crippen LogP contribution in [0.5, 0.6) is 0 Å². The summed E-state index contributed by atoms with van der Waals surface area (Å²) in [6.45, 7) is 1.35. The summed E-state index contributed by atoms with van der Waals surface area (Å²) in [6, 6.07) is 0. The van der Waals surface area contributed by atoms with Crippen LogP contribution in [0.4, 0.5) is 0 Å². The molecule has 1 aliphatic heterocycles. The second-order valence-electron chi connectivity index (χ2n) is 4.29. The minimum absolute atomic E-state index is 0.0564. The van der Waals surface area contributed by atoms with Crippen LogP contribution in [-0.2, 0) is 9.53 Å². The zero-order valence-electron chi connectivity index (χ0n) is 8.38. The monoisotopic (exact) mass is 214 g/mol. The van der Waals surface area contributed by atoms with Gasteiger partial charge in [0, 0.05) is 0 Å². The molecule has 0 amide bonds. The van der Waals surface area contributed by atoms with Crippen molar-refractivity contribution in [3.05, 3.63) is 11.8 Å². The van der Waals surface area contributed by atoms with Crippen molar-refractivity contribution in [2.45, 2.75) is 25.0 Å². The van der Waals surface area contributed by atoms with Crippen LogP contribution >= 0.6 is 0 Å². The predicted molar refractivity (Wildman–Crippen MR) is 49.9 cm³/mol. The molecule has 1 saturated carbocycles. The van der Waals surface area contributed by atoms with E-state index in [2.05, 4.69) is 0 Å². The van der Waals surface area contributed by atoms with Crippen molar-refractivity contribution < 1.29 is 24.9 Å². The van der Waals surface area contributed by atoms with Crippen molar-refractivity contribution in [2.24, 2.45) is 11.8 Å². The molecule has 0 radical (unpaired) electrons. The highest BCUT2D eigenvalue weighted by atomic mass is 16.6. The first kappa shape index (κ1) is 10.4. The molecule has 1 saturated heterocycles. The normalized spacial score (nSPS) is 47.0. The number of carbonyl (C=O) groups is 1. The van der Waals surface area contributed by atoms with Gasteiger partial charge in [-0.15, -0.1) is 0 Å². The quantitative estimate of drug-likeness (QED) is 0.318. The van der Waals surface area contributed by atoms with Crippen molar-refractivity contribution in [3.8, 4) is 0 Å². The third-order valence-electron chi connectivity index (χ3n) is 3.57. The van der Waals surface area contributed by atoms with E-state index in [-0.39, 0.29) is 11.5 Å². The van der Waals surface area contributed by atoms with Gasteiger partial charge in [-0.3, -0.25) is 0 Å². The smallest absolute Gasteiger partial charge is 0.337 e. The van der Waals surface area contributed by atoms with Crippen LogP contribution in [-0.4, -0.2) is 39.6 Å². The average molecular weight is 214 g/mol. The van der Waals surface area contributed by atoms with Crippen LogP contribution in [0.2, 0.25) is 0 Å². The molecular formula is C10H14O5. The first-order chi connectivity index (χ1) is 7.04. The van der Waals surface area contributed by atoms with Gasteiger partial charge in [0.05, 0.1) is 24.4 Å². The van der Waals surface area contributed by atoms with Gasteiger partial charge in [-0.2, -0.15) is 0 Å². The lowest BCUT2D eigenvalue weighted by Gasteiger charge is -2.30. The lowest BCUT2D eigenvalue weighted by Crippen LogP contribution is -2.44. The number of hydrogen-bond acceptors (Lipinski definition) is 5. The summed E-state index contributed by atoms with van der Waals surface area (Å²) in [5, 5.41) is 28.4. The van der Waals surface area contributed by atoms with Crippen LogP contribution in [0.3, 0.4) is 0 Å². The van der Waals surface area contributed by atoms with E-state index in [1.165, 1.54) is 0 Å². The van der Waals surface area contributed by atoms with Crippen molar-refractivity contribution in [1.82, 2.24) is 0 Å². The third kappa shape index (κ3) is 1.20. The van der Waals surface area contributed by atoms with Gasteiger partial charge in [-0.1, -0.05) is 6.92 Å². The maximum atomic E-state index is 11.3. The molecule has 2 fully saturated rings. The molecular weight excluding hydrogens is 200 g/mol. The average Bonchev–Trinajstić information content (AvgIpc) is 2.63. The van der Waals surface area contributed by atoms with Crippen molar-refractivity contribution in [2.75, 3.05) is 6.61 Å². The first-order valence-corrected chi connectivity index (χ1v) is 4.93. The molecule has 84 valence electrons. The van der Waals surface area contributed by atoms with E-state index >= 15 is 0 Å². The number of rotatable bonds is 1. The molecule has 2 rings (SSSR count). The fourth-order valence-corrected chi connectivity index (χ4v) is 2.62. The molecule has 0 aromatic carbocycles. The molecule has 5 nitrogen and oxygen atoms in total. The number of aliphatic hydroxyl groups is 3. The number of hydrogen-bond donors (Lipinski definition) is 3. The number of carbonyl (C=O) groups excluding carboxylic acids is 1. The summed E-state index contributed by atoms with van der Waals surface area (Å²) in [4.78, 5) is 11.3. The molecule has 0 bridgehead atoms. The van der Waals surface area contributed by atoms with Gasteiger partial charge < -0.3 is 20.1 Å². The van der Waals surface area contributed by atoms with Gasteiger partial charge in [0.2, 0.25) is 0 Å². The maximum Gasteiger partial charge on any atom is 0.337 e. The minimum atomic E-state index is -1.37. The van der Waals surface area contributed by atoms with Crippen LogP contribution in [0.25, 0.3) is 0 Å². The minimum Gasteiger partial charge on any atom is -0.515 e. The second-order valence-corrected chi connectivity index (χ2v) is 4.29. The lowest BCUT2D eigenvalue weighted by atomic mass is 9.82. The fraction of sp³-hybridized carbons (Fsp3) is 0.700. The largest absolute Gasteiger partial charge is 0.515 e. The SMILES string of the molecule is C[C@H]1C[C@@H]2OC(=O)/C(=C\O)[C@@H]2[C@]1(O)CO. The Hall–Kier alpha value is -1.07. The summed E-state index contributed by atoms with van der Waals surface area (Å²) in [5.41, 5.74) is -1.31. The molecule has 0 unspecified atom stereocenters. The van der Waals surface area contributed by atoms with Crippen LogP contribution in [0.15, 0.2) is 11.8 Å². The number of fused-ring (bicyclic) bond motifs is 1. The highest BCUT2D eigenvalue weighted by Gasteiger charge is 2.60. The molecule has 1 aliphatic carbocycles. The van der Waals surface area contributed by atoms with Crippen LogP contribution < -0.4 is 0 Å². The van der Waals surface area contributed by atoms with E-state index in [1.54, 1.807) is 6.92 Å². The molecule has 2 aliphatic rings. The highest BCUT2D eigenvalue weighted by molar-refractivity contribution is 5.91. The van der Waals surface area contributed by atoms with Gasteiger partial charge in [-0.05, 0) is 12.3 Å². The Balaban J connectivity index is 2.40. The van der Waals surface area contributed by atoms with E-state index in [0.717, 1.165) is 0 Å². The summed E-state index contributed by atoms with van der Waals surface area (Å²) >= 11 is 0. The molecule has 0 spiro atoms. The predicted octanol–water partition coefficient (Wildman–Crippen LogP) is -0.267. The molecule has 0 aromatic heterocycles. The Labute approximate surface area is 87.0 Å². The Morgan fingerprint density at radius 1 is 1.67 bits per heavy atom. The zero-order valence-corrected chi connectivity index (χ0v) is 8.38. The van der Waals surface area contributed by atoms with Crippen molar-refractivity contribution in [3.63, 3.8) is 0 Å². The van der Waals surface area contributed by atoms with Crippen LogP contribution in [0, 0.1) is 11.8 Å². The fourth-order valence-electron chi connectivity index (χ4n) is 2.62. The maximum absolute atomic E-state index is 11.3. The van der Waals surface area contributed by atoms with Gasteiger partial charge in [-0.25, -0.2) is 4.79 Å². The summed E-state index contributed by atoms with van der Waals surface area (Å²) in [5.74, 6) is -1.39. The molecule has 1 heterocycles. The van der Waals surface area contributed by atoms with Gasteiger partial charge in [0.1, 0.15) is 11.7 Å². The number of esters is 1. The molecule has 3 N–H and O–H groups in total. The Kier molecular flexibility index (Phi) is 2.24. The van der Waals surface area contributed by atoms with E-state index in [9.17, 15) is 15.0 Å². The van der Waals surface area contributed by atoms with E-state index in [4.69, 9.17) is 9.84 Å². The molecule has 4 atom stereocenters. The lowest BCUT2D eigenvalue weighted by molar-refractivity contribution is -0.139. The summed E-state index contributed by atoms with van der Waals surface area (Å²) in [7, 11) is 0. The number of aliphatic hydroxyl groups excluding tert-OH is 2. The summed E-state index contributed by atoms with van der Waals surface area (Å²) < 4.78 is 5.02. The van der Waals surface area contributed by atoms with E-state index in [0.29, 0.717) is 12.7 Å². The van der Waals surface area contributed by atoms with Crippen LogP contribution in [0.1, 0.15) is 13.3 Å². The Morgan fingerprint density at radius 2 is 2.33 bits per heavy atom. The Bertz CT molecular complexity index is 324. The van der Waals surface area contributed by atoms with Crippen molar-refractivity contribution >= 4 is 5.97 Å². The van der Waals surface area contributed by atoms with Crippen molar-refractivity contribution in [1.29, 1.82) is 0 Å². The molecule has 5 heteroatoms. The Morgan fingerprint density at radius 3 is 2.87 bits per heavy atom. The van der Waals surface area contributed by atoms with Gasteiger partial charge >= 0.3 is 5.97 Å². The van der Waals surface area contributed by atoms with Gasteiger partial charge in [0.25, 0.3) is 0 Å². The third-order valence-corrected chi connectivity index (χ3v) is 3.57. The molecule has 15 heavy (non-hydrogen) atoms. The second kappa shape index (κ2) is 3.21. The molecule has 0 aromatic rings.